The summed E-state index contributed by atoms with van der Waals surface area (Å²) < 4.78 is 13.4. The lowest BCUT2D eigenvalue weighted by Crippen LogP contribution is -2.40. The SMILES string of the molecule is O=C(C1CC(=O)N(C2CC2)C1)N1CCCc2cc(F)ccc21. The van der Waals surface area contributed by atoms with Crippen LogP contribution in [0.5, 0.6) is 0 Å². The van der Waals surface area contributed by atoms with Gasteiger partial charge in [0.15, 0.2) is 0 Å². The second-order valence-corrected chi connectivity index (χ2v) is 6.54. The lowest BCUT2D eigenvalue weighted by Gasteiger charge is -2.31. The topological polar surface area (TPSA) is 40.6 Å². The molecule has 4 nitrogen and oxygen atoms in total. The van der Waals surface area contributed by atoms with E-state index in [0.29, 0.717) is 25.6 Å². The number of carbonyl (C=O) groups is 2. The first kappa shape index (κ1) is 13.7. The minimum atomic E-state index is -0.260. The summed E-state index contributed by atoms with van der Waals surface area (Å²) >= 11 is 0. The first-order valence-electron chi connectivity index (χ1n) is 8.03. The lowest BCUT2D eigenvalue weighted by atomic mass is 9.99. The molecule has 2 amide bonds. The van der Waals surface area contributed by atoms with Gasteiger partial charge in [-0.2, -0.15) is 0 Å². The van der Waals surface area contributed by atoms with Gasteiger partial charge in [-0.15, -0.1) is 0 Å². The Morgan fingerprint density at radius 2 is 2.09 bits per heavy atom. The van der Waals surface area contributed by atoms with E-state index >= 15 is 0 Å². The monoisotopic (exact) mass is 302 g/mol. The largest absolute Gasteiger partial charge is 0.339 e. The number of hydrogen-bond donors (Lipinski definition) is 0. The Bertz CT molecular complexity index is 642. The first-order chi connectivity index (χ1) is 10.6. The second kappa shape index (κ2) is 5.07. The van der Waals surface area contributed by atoms with Gasteiger partial charge >= 0.3 is 0 Å². The van der Waals surface area contributed by atoms with Crippen molar-refractivity contribution < 1.29 is 14.0 Å². The van der Waals surface area contributed by atoms with E-state index in [0.717, 1.165) is 36.9 Å². The van der Waals surface area contributed by atoms with E-state index in [1.807, 2.05) is 4.90 Å². The van der Waals surface area contributed by atoms with Crippen molar-refractivity contribution in [2.45, 2.75) is 38.1 Å². The predicted octanol–water partition coefficient (Wildman–Crippen LogP) is 2.12. The minimum Gasteiger partial charge on any atom is -0.339 e. The quantitative estimate of drug-likeness (QED) is 0.839. The van der Waals surface area contributed by atoms with Crippen molar-refractivity contribution in [2.75, 3.05) is 18.0 Å². The highest BCUT2D eigenvalue weighted by Gasteiger charge is 2.43. The number of halogens is 1. The average molecular weight is 302 g/mol. The molecule has 1 aromatic rings. The van der Waals surface area contributed by atoms with Crippen LogP contribution in [0.3, 0.4) is 0 Å². The van der Waals surface area contributed by atoms with Gasteiger partial charge in [-0.1, -0.05) is 0 Å². The van der Waals surface area contributed by atoms with Gasteiger partial charge in [0.2, 0.25) is 11.8 Å². The number of amides is 2. The zero-order valence-electron chi connectivity index (χ0n) is 12.4. The molecule has 0 radical (unpaired) electrons. The molecule has 2 fully saturated rings. The number of rotatable bonds is 2. The second-order valence-electron chi connectivity index (χ2n) is 6.54. The molecule has 2 heterocycles. The summed E-state index contributed by atoms with van der Waals surface area (Å²) in [5.41, 5.74) is 1.71. The number of anilines is 1. The van der Waals surface area contributed by atoms with E-state index in [4.69, 9.17) is 0 Å². The van der Waals surface area contributed by atoms with Crippen molar-refractivity contribution in [3.63, 3.8) is 0 Å². The zero-order chi connectivity index (χ0) is 15.3. The number of benzene rings is 1. The van der Waals surface area contributed by atoms with E-state index in [-0.39, 0.29) is 23.5 Å². The smallest absolute Gasteiger partial charge is 0.232 e. The van der Waals surface area contributed by atoms with Crippen molar-refractivity contribution in [1.29, 1.82) is 0 Å². The molecule has 0 N–H and O–H groups in total. The molecule has 1 saturated carbocycles. The molecule has 22 heavy (non-hydrogen) atoms. The highest BCUT2D eigenvalue weighted by molar-refractivity contribution is 6.00. The van der Waals surface area contributed by atoms with E-state index in [9.17, 15) is 14.0 Å². The third-order valence-corrected chi connectivity index (χ3v) is 4.92. The van der Waals surface area contributed by atoms with Crippen LogP contribution in [0.4, 0.5) is 10.1 Å². The van der Waals surface area contributed by atoms with Gasteiger partial charge in [-0.05, 0) is 49.4 Å². The fourth-order valence-electron chi connectivity index (χ4n) is 3.65. The maximum Gasteiger partial charge on any atom is 0.232 e. The molecule has 0 aromatic heterocycles. The van der Waals surface area contributed by atoms with Crippen LogP contribution in [0.25, 0.3) is 0 Å². The van der Waals surface area contributed by atoms with Crippen molar-refractivity contribution in [3.05, 3.63) is 29.6 Å². The van der Waals surface area contributed by atoms with Gasteiger partial charge in [-0.25, -0.2) is 4.39 Å². The zero-order valence-corrected chi connectivity index (χ0v) is 12.4. The molecule has 2 aliphatic heterocycles. The standard InChI is InChI=1S/C17H19FN2O2/c18-13-3-6-15-11(8-13)2-1-7-19(15)17(22)12-9-16(21)20(10-12)14-4-5-14/h3,6,8,12,14H,1-2,4-5,7,9-10H2. The molecule has 5 heteroatoms. The van der Waals surface area contributed by atoms with Crippen LogP contribution in [0.15, 0.2) is 18.2 Å². The average Bonchev–Trinajstić information content (AvgIpc) is 3.28. The van der Waals surface area contributed by atoms with Crippen molar-refractivity contribution in [3.8, 4) is 0 Å². The van der Waals surface area contributed by atoms with Gasteiger partial charge in [0.1, 0.15) is 5.82 Å². The lowest BCUT2D eigenvalue weighted by molar-refractivity contribution is -0.128. The molecule has 1 aromatic carbocycles. The Balaban J connectivity index is 1.55. The van der Waals surface area contributed by atoms with E-state index in [2.05, 4.69) is 0 Å². The van der Waals surface area contributed by atoms with Gasteiger partial charge in [0.25, 0.3) is 0 Å². The summed E-state index contributed by atoms with van der Waals surface area (Å²) in [6.45, 7) is 1.21. The Labute approximate surface area is 128 Å². The van der Waals surface area contributed by atoms with E-state index < -0.39 is 0 Å². The summed E-state index contributed by atoms with van der Waals surface area (Å²) in [6, 6.07) is 4.98. The van der Waals surface area contributed by atoms with Crippen LogP contribution in [0.1, 0.15) is 31.2 Å². The molecule has 0 spiro atoms. The van der Waals surface area contributed by atoms with E-state index in [1.54, 1.807) is 11.0 Å². The van der Waals surface area contributed by atoms with E-state index in [1.165, 1.54) is 12.1 Å². The van der Waals surface area contributed by atoms with Crippen molar-refractivity contribution in [1.82, 2.24) is 4.90 Å². The highest BCUT2D eigenvalue weighted by Crippen LogP contribution is 2.35. The van der Waals surface area contributed by atoms with Crippen molar-refractivity contribution >= 4 is 17.5 Å². The number of carbonyl (C=O) groups excluding carboxylic acids is 2. The highest BCUT2D eigenvalue weighted by atomic mass is 19.1. The fraction of sp³-hybridized carbons (Fsp3) is 0.529. The molecular formula is C17H19FN2O2. The van der Waals surface area contributed by atoms with Crippen LogP contribution < -0.4 is 4.90 Å². The molecule has 1 aliphatic carbocycles. The Hall–Kier alpha value is -1.91. The van der Waals surface area contributed by atoms with Gasteiger partial charge in [-0.3, -0.25) is 9.59 Å². The Morgan fingerprint density at radius 3 is 2.86 bits per heavy atom. The van der Waals surface area contributed by atoms with Crippen LogP contribution >= 0.6 is 0 Å². The summed E-state index contributed by atoms with van der Waals surface area (Å²) in [5, 5.41) is 0. The molecule has 4 rings (SSSR count). The molecule has 0 bridgehead atoms. The van der Waals surface area contributed by atoms with Crippen LogP contribution in [0.2, 0.25) is 0 Å². The number of aryl methyl sites for hydroxylation is 1. The van der Waals surface area contributed by atoms with Gasteiger partial charge in [0.05, 0.1) is 5.92 Å². The van der Waals surface area contributed by atoms with Gasteiger partial charge < -0.3 is 9.80 Å². The number of hydrogen-bond acceptors (Lipinski definition) is 2. The molecule has 1 unspecified atom stereocenters. The molecule has 1 atom stereocenters. The maximum atomic E-state index is 13.4. The van der Waals surface area contributed by atoms with Crippen LogP contribution in [-0.4, -0.2) is 35.8 Å². The van der Waals surface area contributed by atoms with Crippen LogP contribution in [0, 0.1) is 11.7 Å². The normalized spacial score (nSPS) is 24.6. The van der Waals surface area contributed by atoms with Crippen LogP contribution in [-0.2, 0) is 16.0 Å². The molecule has 1 saturated heterocycles. The first-order valence-corrected chi connectivity index (χ1v) is 8.03. The summed E-state index contributed by atoms with van der Waals surface area (Å²) in [5.74, 6) is -0.380. The minimum absolute atomic E-state index is 0.0176. The Morgan fingerprint density at radius 1 is 1.27 bits per heavy atom. The summed E-state index contributed by atoms with van der Waals surface area (Å²) in [7, 11) is 0. The van der Waals surface area contributed by atoms with Crippen molar-refractivity contribution in [2.24, 2.45) is 5.92 Å². The molecule has 116 valence electrons. The fourth-order valence-corrected chi connectivity index (χ4v) is 3.65. The van der Waals surface area contributed by atoms with Gasteiger partial charge in [0, 0.05) is 31.2 Å². The predicted molar refractivity (Wildman–Crippen MR) is 79.9 cm³/mol. The summed E-state index contributed by atoms with van der Waals surface area (Å²) in [6.07, 6.45) is 4.10. The maximum absolute atomic E-state index is 13.4. The third-order valence-electron chi connectivity index (χ3n) is 4.92. The summed E-state index contributed by atoms with van der Waals surface area (Å²) in [4.78, 5) is 28.5. The number of nitrogens with zero attached hydrogens (tertiary/aromatic N) is 2. The number of likely N-dealkylation sites (tertiary alicyclic amines) is 1. The molecular weight excluding hydrogens is 283 g/mol. The number of fused-ring (bicyclic) bond motifs is 1. The third kappa shape index (κ3) is 2.28. The molecule has 3 aliphatic rings. The Kier molecular flexibility index (Phi) is 3.17.